The van der Waals surface area contributed by atoms with Crippen molar-refractivity contribution in [2.24, 2.45) is 0 Å². The Morgan fingerprint density at radius 2 is 2.27 bits per heavy atom. The van der Waals surface area contributed by atoms with Gasteiger partial charge in [0.1, 0.15) is 4.34 Å². The van der Waals surface area contributed by atoms with E-state index in [1.54, 1.807) is 0 Å². The Balaban J connectivity index is 3.06. The van der Waals surface area contributed by atoms with E-state index in [0.29, 0.717) is 6.29 Å². The van der Waals surface area contributed by atoms with Crippen LogP contribution in [0.15, 0.2) is 6.07 Å². The Bertz CT molecular complexity index is 272. The minimum Gasteiger partial charge on any atom is -0.297 e. The third kappa shape index (κ3) is 1.75. The fourth-order valence-corrected chi connectivity index (χ4v) is 1.72. The van der Waals surface area contributed by atoms with Crippen molar-refractivity contribution in [2.45, 2.75) is 6.43 Å². The lowest BCUT2D eigenvalue weighted by Gasteiger charge is -1.91. The van der Waals surface area contributed by atoms with Crippen molar-refractivity contribution in [3.63, 3.8) is 0 Å². The molecule has 0 radical (unpaired) electrons. The fourth-order valence-electron chi connectivity index (χ4n) is 0.609. The largest absolute Gasteiger partial charge is 0.297 e. The van der Waals surface area contributed by atoms with Crippen LogP contribution in [0.2, 0.25) is 4.34 Å². The third-order valence-corrected chi connectivity index (χ3v) is 2.40. The van der Waals surface area contributed by atoms with Crippen LogP contribution in [0.1, 0.15) is 21.7 Å². The minimum absolute atomic E-state index is 0.0119. The quantitative estimate of drug-likeness (QED) is 0.664. The second kappa shape index (κ2) is 3.28. The van der Waals surface area contributed by atoms with Crippen LogP contribution < -0.4 is 0 Å². The Morgan fingerprint density at radius 1 is 1.64 bits per heavy atom. The lowest BCUT2D eigenvalue weighted by molar-refractivity contribution is 0.112. The molecule has 1 nitrogen and oxygen atoms in total. The summed E-state index contributed by atoms with van der Waals surface area (Å²) in [5.74, 6) is 0. The zero-order valence-electron chi connectivity index (χ0n) is 5.18. The van der Waals surface area contributed by atoms with Gasteiger partial charge in [-0.3, -0.25) is 4.79 Å². The molecule has 1 aromatic rings. The number of carbonyl (C=O) groups excluding carboxylic acids is 1. The first-order chi connectivity index (χ1) is 5.15. The summed E-state index contributed by atoms with van der Waals surface area (Å²) in [6.07, 6.45) is -2.10. The molecule has 1 rings (SSSR count). The van der Waals surface area contributed by atoms with Crippen LogP contribution in [0.3, 0.4) is 0 Å². The van der Waals surface area contributed by atoms with Gasteiger partial charge < -0.3 is 0 Å². The minimum atomic E-state index is -2.60. The molecule has 1 aromatic heterocycles. The molecule has 0 aliphatic heterocycles. The summed E-state index contributed by atoms with van der Waals surface area (Å²) in [4.78, 5) is 10.3. The highest BCUT2D eigenvalue weighted by molar-refractivity contribution is 7.17. The normalized spacial score (nSPS) is 10.5. The number of hydrogen-bond acceptors (Lipinski definition) is 2. The van der Waals surface area contributed by atoms with Gasteiger partial charge >= 0.3 is 0 Å². The van der Waals surface area contributed by atoms with Gasteiger partial charge in [-0.15, -0.1) is 11.3 Å². The summed E-state index contributed by atoms with van der Waals surface area (Å²) in [6.45, 7) is 0. The third-order valence-electron chi connectivity index (χ3n) is 1.08. The molecule has 0 N–H and O–H groups in total. The van der Waals surface area contributed by atoms with Crippen LogP contribution in [0, 0.1) is 0 Å². The van der Waals surface area contributed by atoms with Gasteiger partial charge in [-0.25, -0.2) is 8.78 Å². The molecule has 1 heterocycles. The van der Waals surface area contributed by atoms with Crippen LogP contribution in [0.25, 0.3) is 0 Å². The molecule has 5 heteroatoms. The van der Waals surface area contributed by atoms with Crippen molar-refractivity contribution in [1.82, 2.24) is 0 Å². The van der Waals surface area contributed by atoms with Crippen molar-refractivity contribution in [3.8, 4) is 0 Å². The Morgan fingerprint density at radius 3 is 2.55 bits per heavy atom. The van der Waals surface area contributed by atoms with Gasteiger partial charge in [0.05, 0.1) is 4.88 Å². The molecule has 11 heavy (non-hydrogen) atoms. The fraction of sp³-hybridized carbons (Fsp3) is 0.167. The standard InChI is InChI=1S/C6H3ClF2OS/c7-5-4(6(8)9)1-3(2-10)11-5/h1-2,6H. The zero-order chi connectivity index (χ0) is 8.43. The van der Waals surface area contributed by atoms with E-state index in [2.05, 4.69) is 0 Å². The van der Waals surface area contributed by atoms with Crippen molar-refractivity contribution < 1.29 is 13.6 Å². The number of rotatable bonds is 2. The highest BCUT2D eigenvalue weighted by atomic mass is 35.5. The lowest BCUT2D eigenvalue weighted by atomic mass is 10.3. The first-order valence-electron chi connectivity index (χ1n) is 2.67. The smallest absolute Gasteiger partial charge is 0.266 e. The molecule has 0 fully saturated rings. The topological polar surface area (TPSA) is 17.1 Å². The summed E-state index contributed by atoms with van der Waals surface area (Å²) in [5, 5.41) is 0. The summed E-state index contributed by atoms with van der Waals surface area (Å²) < 4.78 is 24.0. The predicted molar refractivity (Wildman–Crippen MR) is 39.7 cm³/mol. The molecular weight excluding hydrogens is 194 g/mol. The molecule has 0 spiro atoms. The molecular formula is C6H3ClF2OS. The van der Waals surface area contributed by atoms with Crippen LogP contribution in [0.4, 0.5) is 8.78 Å². The Hall–Kier alpha value is -0.480. The second-order valence-electron chi connectivity index (χ2n) is 1.80. The zero-order valence-corrected chi connectivity index (χ0v) is 6.75. The van der Waals surface area contributed by atoms with Crippen molar-refractivity contribution in [1.29, 1.82) is 0 Å². The second-order valence-corrected chi connectivity index (χ2v) is 3.48. The number of thiophene rings is 1. The van der Waals surface area contributed by atoms with E-state index < -0.39 is 6.43 Å². The Labute approximate surface area is 70.6 Å². The van der Waals surface area contributed by atoms with Crippen molar-refractivity contribution >= 4 is 29.2 Å². The SMILES string of the molecule is O=Cc1cc(C(F)F)c(Cl)s1. The van der Waals surface area contributed by atoms with Gasteiger partial charge in [0.15, 0.2) is 6.29 Å². The molecule has 0 unspecified atom stereocenters. The number of carbonyl (C=O) groups is 1. The number of alkyl halides is 2. The number of aldehydes is 1. The maximum Gasteiger partial charge on any atom is 0.266 e. The van der Waals surface area contributed by atoms with E-state index in [0.717, 1.165) is 17.4 Å². The highest BCUT2D eigenvalue weighted by Gasteiger charge is 2.15. The molecule has 0 amide bonds. The van der Waals surface area contributed by atoms with E-state index in [1.165, 1.54) is 0 Å². The van der Waals surface area contributed by atoms with Crippen LogP contribution in [-0.2, 0) is 0 Å². The van der Waals surface area contributed by atoms with Gasteiger partial charge in [0.25, 0.3) is 6.43 Å². The molecule has 0 bridgehead atoms. The van der Waals surface area contributed by atoms with Crippen LogP contribution in [0.5, 0.6) is 0 Å². The highest BCUT2D eigenvalue weighted by Crippen LogP contribution is 2.33. The number of halogens is 3. The molecule has 0 aliphatic rings. The molecule has 0 aromatic carbocycles. The van der Waals surface area contributed by atoms with Crippen molar-refractivity contribution in [3.05, 3.63) is 20.8 Å². The van der Waals surface area contributed by atoms with Crippen LogP contribution in [-0.4, -0.2) is 6.29 Å². The van der Waals surface area contributed by atoms with E-state index in [4.69, 9.17) is 11.6 Å². The average Bonchev–Trinajstić information content (AvgIpc) is 2.30. The average molecular weight is 197 g/mol. The first kappa shape index (κ1) is 8.62. The van der Waals surface area contributed by atoms with Gasteiger partial charge in [0, 0.05) is 5.56 Å². The van der Waals surface area contributed by atoms with Gasteiger partial charge in [-0.2, -0.15) is 0 Å². The monoisotopic (exact) mass is 196 g/mol. The molecule has 0 saturated heterocycles. The predicted octanol–water partition coefficient (Wildman–Crippen LogP) is 3.15. The molecule has 60 valence electrons. The van der Waals surface area contributed by atoms with E-state index >= 15 is 0 Å². The maximum absolute atomic E-state index is 12.0. The maximum atomic E-state index is 12.0. The molecule has 0 aliphatic carbocycles. The summed E-state index contributed by atoms with van der Waals surface area (Å²) in [7, 11) is 0. The van der Waals surface area contributed by atoms with Gasteiger partial charge in [-0.05, 0) is 6.07 Å². The van der Waals surface area contributed by atoms with Crippen LogP contribution >= 0.6 is 22.9 Å². The molecule has 0 atom stereocenters. The van der Waals surface area contributed by atoms with E-state index in [-0.39, 0.29) is 14.8 Å². The summed E-state index contributed by atoms with van der Waals surface area (Å²) in [6, 6.07) is 1.10. The molecule has 0 saturated carbocycles. The lowest BCUT2D eigenvalue weighted by Crippen LogP contribution is -1.78. The first-order valence-corrected chi connectivity index (χ1v) is 3.87. The van der Waals surface area contributed by atoms with E-state index in [9.17, 15) is 13.6 Å². The summed E-state index contributed by atoms with van der Waals surface area (Å²) in [5.41, 5.74) is -0.265. The number of hydrogen-bond donors (Lipinski definition) is 0. The van der Waals surface area contributed by atoms with Gasteiger partial charge in [-0.1, -0.05) is 11.6 Å². The van der Waals surface area contributed by atoms with E-state index in [1.807, 2.05) is 0 Å². The Kier molecular flexibility index (Phi) is 2.57. The van der Waals surface area contributed by atoms with Crippen molar-refractivity contribution in [2.75, 3.05) is 0 Å². The summed E-state index contributed by atoms with van der Waals surface area (Å²) >= 11 is 6.26. The van der Waals surface area contributed by atoms with Gasteiger partial charge in [0.2, 0.25) is 0 Å².